The number of hydrogen-bond donors (Lipinski definition) is 4. The maximum Gasteiger partial charge on any atom is 0.320 e. The van der Waals surface area contributed by atoms with Crippen LogP contribution in [-0.2, 0) is 16.0 Å². The molecule has 1 aromatic rings. The van der Waals surface area contributed by atoms with Gasteiger partial charge in [-0.3, -0.25) is 9.59 Å². The fraction of sp³-hybridized carbons (Fsp3) is 0.500. The topological polar surface area (TPSA) is 113 Å². The lowest BCUT2D eigenvalue weighted by Gasteiger charge is -2.11. The smallest absolute Gasteiger partial charge is 0.320 e. The number of carboxylic acid groups (broad SMARTS) is 2. The van der Waals surface area contributed by atoms with E-state index in [4.69, 9.17) is 27.5 Å². The zero-order valence-corrected chi connectivity index (χ0v) is 13.8. The molecule has 7 heteroatoms. The van der Waals surface area contributed by atoms with Gasteiger partial charge in [0, 0.05) is 18.0 Å². The molecule has 0 radical (unpaired) electrons. The second-order valence-electron chi connectivity index (χ2n) is 5.58. The summed E-state index contributed by atoms with van der Waals surface area (Å²) in [5.41, 5.74) is 7.86. The highest BCUT2D eigenvalue weighted by Gasteiger charge is 2.14. The van der Waals surface area contributed by atoms with Crippen LogP contribution in [0.4, 0.5) is 0 Å². The third-order valence-corrected chi connectivity index (χ3v) is 3.88. The van der Waals surface area contributed by atoms with Gasteiger partial charge in [-0.1, -0.05) is 24.6 Å². The third kappa shape index (κ3) is 6.99. The van der Waals surface area contributed by atoms with Crippen LogP contribution < -0.4 is 11.1 Å². The molecule has 0 aromatic heterocycles. The molecule has 0 aliphatic carbocycles. The molecule has 0 bridgehead atoms. The van der Waals surface area contributed by atoms with Crippen molar-refractivity contribution in [2.24, 2.45) is 5.73 Å². The van der Waals surface area contributed by atoms with Crippen LogP contribution in [0.3, 0.4) is 0 Å². The lowest BCUT2D eigenvalue weighted by Crippen LogP contribution is -2.30. The second-order valence-corrected chi connectivity index (χ2v) is 6.01. The lowest BCUT2D eigenvalue weighted by molar-refractivity contribution is -0.139. The molecule has 5 N–H and O–H groups in total. The third-order valence-electron chi connectivity index (χ3n) is 3.65. The fourth-order valence-corrected chi connectivity index (χ4v) is 2.49. The van der Waals surface area contributed by atoms with E-state index >= 15 is 0 Å². The Bertz CT molecular complexity index is 551. The predicted octanol–water partition coefficient (Wildman–Crippen LogP) is 1.85. The molecular formula is C16H23ClN2O4. The first-order valence-corrected chi connectivity index (χ1v) is 7.88. The van der Waals surface area contributed by atoms with Crippen molar-refractivity contribution in [1.82, 2.24) is 5.32 Å². The van der Waals surface area contributed by atoms with Gasteiger partial charge in [-0.2, -0.15) is 0 Å². The zero-order valence-electron chi connectivity index (χ0n) is 13.1. The average Bonchev–Trinajstić information content (AvgIpc) is 2.67. The van der Waals surface area contributed by atoms with Crippen LogP contribution in [0, 0.1) is 0 Å². The minimum absolute atomic E-state index is 0.0231. The molecule has 2 atom stereocenters. The Morgan fingerprint density at radius 1 is 1.43 bits per heavy atom. The second kappa shape index (κ2) is 9.50. The molecule has 0 fully saturated rings. The summed E-state index contributed by atoms with van der Waals surface area (Å²) in [7, 11) is 0. The molecule has 1 aliphatic rings. The van der Waals surface area contributed by atoms with Gasteiger partial charge in [0.1, 0.15) is 6.04 Å². The van der Waals surface area contributed by atoms with E-state index in [1.165, 1.54) is 11.1 Å². The Balaban J connectivity index is 0.000000241. The van der Waals surface area contributed by atoms with Crippen molar-refractivity contribution in [2.45, 2.75) is 38.1 Å². The predicted molar refractivity (Wildman–Crippen MR) is 88.9 cm³/mol. The van der Waals surface area contributed by atoms with Crippen molar-refractivity contribution in [3.63, 3.8) is 0 Å². The summed E-state index contributed by atoms with van der Waals surface area (Å²) in [5.74, 6) is -1.62. The minimum Gasteiger partial charge on any atom is -0.481 e. The van der Waals surface area contributed by atoms with E-state index in [9.17, 15) is 9.59 Å². The van der Waals surface area contributed by atoms with Crippen molar-refractivity contribution in [3.8, 4) is 0 Å². The number of benzene rings is 1. The molecule has 0 amide bonds. The molecular weight excluding hydrogens is 320 g/mol. The number of carboxylic acids is 2. The van der Waals surface area contributed by atoms with E-state index in [-0.39, 0.29) is 12.8 Å². The van der Waals surface area contributed by atoms with Crippen molar-refractivity contribution in [3.05, 3.63) is 34.3 Å². The Kier molecular flexibility index (Phi) is 8.02. The van der Waals surface area contributed by atoms with Gasteiger partial charge in [-0.05, 0) is 48.6 Å². The lowest BCUT2D eigenvalue weighted by atomic mass is 9.96. The van der Waals surface area contributed by atoms with Crippen LogP contribution in [0.25, 0.3) is 0 Å². The van der Waals surface area contributed by atoms with Crippen LogP contribution in [0.2, 0.25) is 5.02 Å². The Morgan fingerprint density at radius 2 is 2.13 bits per heavy atom. The number of nitrogens with one attached hydrogen (secondary N) is 1. The maximum atomic E-state index is 9.99. The van der Waals surface area contributed by atoms with E-state index < -0.39 is 18.0 Å². The van der Waals surface area contributed by atoms with Gasteiger partial charge in [-0.25, -0.2) is 0 Å². The largest absolute Gasteiger partial charge is 0.481 e. The number of carbonyl (C=O) groups is 2. The molecule has 23 heavy (non-hydrogen) atoms. The summed E-state index contributed by atoms with van der Waals surface area (Å²) in [4.78, 5) is 19.9. The first-order valence-electron chi connectivity index (χ1n) is 7.50. The standard InChI is InChI=1S/C11H14ClN.C5H9NO4/c1-8-7-13-5-4-9-2-3-10(12)6-11(8)9;6-3(5(9)10)1-2-4(7)8/h2-3,6,8,13H,4-5,7H2,1H3;3H,1-2,6H2,(H,7,8)(H,9,10)/t8-;3-/m00/s1. The van der Waals surface area contributed by atoms with Gasteiger partial charge < -0.3 is 21.3 Å². The van der Waals surface area contributed by atoms with E-state index in [2.05, 4.69) is 24.4 Å². The van der Waals surface area contributed by atoms with Gasteiger partial charge in [0.15, 0.2) is 0 Å². The Hall–Kier alpha value is -1.63. The van der Waals surface area contributed by atoms with Crippen LogP contribution in [0.1, 0.15) is 36.8 Å². The summed E-state index contributed by atoms with van der Waals surface area (Å²) < 4.78 is 0. The van der Waals surface area contributed by atoms with Gasteiger partial charge in [0.2, 0.25) is 0 Å². The number of rotatable bonds is 4. The number of nitrogens with two attached hydrogens (primary N) is 1. The number of hydrogen-bond acceptors (Lipinski definition) is 4. The van der Waals surface area contributed by atoms with Gasteiger partial charge in [0.05, 0.1) is 0 Å². The molecule has 2 rings (SSSR count). The molecule has 6 nitrogen and oxygen atoms in total. The fourth-order valence-electron chi connectivity index (χ4n) is 2.31. The highest BCUT2D eigenvalue weighted by Crippen LogP contribution is 2.25. The summed E-state index contributed by atoms with van der Waals surface area (Å²) in [6.07, 6.45) is 0.898. The summed E-state index contributed by atoms with van der Waals surface area (Å²) in [5, 5.41) is 20.5. The average molecular weight is 343 g/mol. The van der Waals surface area contributed by atoms with Crippen molar-refractivity contribution < 1.29 is 19.8 Å². The molecule has 0 saturated carbocycles. The molecule has 1 aromatic carbocycles. The van der Waals surface area contributed by atoms with E-state index in [0.717, 1.165) is 24.5 Å². The van der Waals surface area contributed by atoms with Crippen molar-refractivity contribution >= 4 is 23.5 Å². The van der Waals surface area contributed by atoms with Crippen LogP contribution in [0.15, 0.2) is 18.2 Å². The number of fused-ring (bicyclic) bond motifs is 1. The van der Waals surface area contributed by atoms with Crippen molar-refractivity contribution in [1.29, 1.82) is 0 Å². The molecule has 0 unspecified atom stereocenters. The SMILES string of the molecule is C[C@H]1CNCCc2ccc(Cl)cc21.N[C@@H](CCC(=O)O)C(=O)O. The van der Waals surface area contributed by atoms with Crippen LogP contribution in [-0.4, -0.2) is 41.3 Å². The van der Waals surface area contributed by atoms with E-state index in [1.54, 1.807) is 0 Å². The minimum atomic E-state index is -1.17. The summed E-state index contributed by atoms with van der Waals surface area (Å²) >= 11 is 5.97. The highest BCUT2D eigenvalue weighted by atomic mass is 35.5. The molecule has 128 valence electrons. The van der Waals surface area contributed by atoms with Gasteiger partial charge in [-0.15, -0.1) is 0 Å². The quantitative estimate of drug-likeness (QED) is 0.664. The monoisotopic (exact) mass is 342 g/mol. The Labute approximate surface area is 140 Å². The van der Waals surface area contributed by atoms with Crippen LogP contribution >= 0.6 is 11.6 Å². The maximum absolute atomic E-state index is 9.99. The highest BCUT2D eigenvalue weighted by molar-refractivity contribution is 6.30. The van der Waals surface area contributed by atoms with Crippen LogP contribution in [0.5, 0.6) is 0 Å². The first-order chi connectivity index (χ1) is 10.8. The van der Waals surface area contributed by atoms with E-state index in [1.807, 2.05) is 6.07 Å². The molecule has 1 aliphatic heterocycles. The molecule has 0 spiro atoms. The Morgan fingerprint density at radius 3 is 2.74 bits per heavy atom. The first kappa shape index (κ1) is 19.4. The molecule has 1 heterocycles. The summed E-state index contributed by atoms with van der Waals surface area (Å²) in [6, 6.07) is 5.19. The normalized spacial score (nSPS) is 18.0. The van der Waals surface area contributed by atoms with E-state index in [0.29, 0.717) is 5.92 Å². The van der Waals surface area contributed by atoms with Gasteiger partial charge >= 0.3 is 11.9 Å². The molecule has 0 saturated heterocycles. The number of halogens is 1. The summed E-state index contributed by atoms with van der Waals surface area (Å²) in [6.45, 7) is 4.39. The van der Waals surface area contributed by atoms with Gasteiger partial charge in [0.25, 0.3) is 0 Å². The zero-order chi connectivity index (χ0) is 17.4. The number of aliphatic carboxylic acids is 2. The van der Waals surface area contributed by atoms with Crippen molar-refractivity contribution in [2.75, 3.05) is 13.1 Å².